The van der Waals surface area contributed by atoms with E-state index in [1.54, 1.807) is 0 Å². The van der Waals surface area contributed by atoms with Crippen molar-refractivity contribution < 1.29 is 4.74 Å². The van der Waals surface area contributed by atoms with Gasteiger partial charge in [-0.25, -0.2) is 0 Å². The molecule has 0 amide bonds. The number of nitrogens with two attached hydrogens (primary N) is 1. The van der Waals surface area contributed by atoms with Crippen molar-refractivity contribution in [1.82, 2.24) is 0 Å². The molecule has 3 rings (SSSR count). The summed E-state index contributed by atoms with van der Waals surface area (Å²) in [6.45, 7) is 0. The molecule has 2 N–H and O–H groups in total. The Morgan fingerprint density at radius 1 is 1.17 bits per heavy atom. The van der Waals surface area contributed by atoms with Crippen LogP contribution in [-0.2, 0) is 5.54 Å². The number of halogens is 1. The minimum Gasteiger partial charge on any atom is -0.490 e. The minimum atomic E-state index is -0.178. The third kappa shape index (κ3) is 2.30. The lowest BCUT2D eigenvalue weighted by Crippen LogP contribution is -2.35. The molecule has 2 aliphatic rings. The van der Waals surface area contributed by atoms with E-state index in [0.717, 1.165) is 23.1 Å². The normalized spacial score (nSPS) is 22.8. The van der Waals surface area contributed by atoms with Crippen LogP contribution >= 0.6 is 15.9 Å². The summed E-state index contributed by atoms with van der Waals surface area (Å²) in [4.78, 5) is 0. The van der Waals surface area contributed by atoms with Gasteiger partial charge in [-0.3, -0.25) is 0 Å². The lowest BCUT2D eigenvalue weighted by atomic mass is 9.88. The van der Waals surface area contributed by atoms with Gasteiger partial charge in [0.15, 0.2) is 0 Å². The lowest BCUT2D eigenvalue weighted by Gasteiger charge is -2.32. The van der Waals surface area contributed by atoms with Gasteiger partial charge in [-0.1, -0.05) is 28.8 Å². The topological polar surface area (TPSA) is 35.2 Å². The highest BCUT2D eigenvalue weighted by Crippen LogP contribution is 2.42. The zero-order valence-electron chi connectivity index (χ0n) is 10.6. The van der Waals surface area contributed by atoms with Crippen LogP contribution in [0, 0.1) is 0 Å². The molecule has 0 atom stereocenters. The maximum atomic E-state index is 6.58. The Hall–Kier alpha value is -0.540. The van der Waals surface area contributed by atoms with E-state index in [4.69, 9.17) is 10.5 Å². The first-order chi connectivity index (χ1) is 8.67. The van der Waals surface area contributed by atoms with E-state index in [9.17, 15) is 0 Å². The SMILES string of the molecule is NC1(c2cc(Br)ccc2OC2CCC2)CCCC1. The fourth-order valence-corrected chi connectivity index (χ4v) is 3.30. The zero-order chi connectivity index (χ0) is 12.6. The maximum absolute atomic E-state index is 6.58. The first-order valence-corrected chi connectivity index (χ1v) is 7.72. The summed E-state index contributed by atoms with van der Waals surface area (Å²) in [6, 6.07) is 6.28. The number of hydrogen-bond acceptors (Lipinski definition) is 2. The van der Waals surface area contributed by atoms with Crippen molar-refractivity contribution in [2.45, 2.75) is 56.6 Å². The molecule has 0 spiro atoms. The molecule has 2 fully saturated rings. The van der Waals surface area contributed by atoms with Crippen LogP contribution in [0.1, 0.15) is 50.5 Å². The van der Waals surface area contributed by atoms with Crippen molar-refractivity contribution >= 4 is 15.9 Å². The van der Waals surface area contributed by atoms with Crippen LogP contribution in [0.3, 0.4) is 0 Å². The van der Waals surface area contributed by atoms with Crippen LogP contribution < -0.4 is 10.5 Å². The van der Waals surface area contributed by atoms with E-state index in [1.165, 1.54) is 37.7 Å². The van der Waals surface area contributed by atoms with E-state index in [2.05, 4.69) is 34.1 Å². The van der Waals surface area contributed by atoms with Gasteiger partial charge in [0.1, 0.15) is 5.75 Å². The Labute approximate surface area is 117 Å². The van der Waals surface area contributed by atoms with Crippen molar-refractivity contribution in [3.8, 4) is 5.75 Å². The molecule has 0 aromatic heterocycles. The van der Waals surface area contributed by atoms with Crippen LogP contribution in [0.25, 0.3) is 0 Å². The molecule has 1 aromatic carbocycles. The quantitative estimate of drug-likeness (QED) is 0.912. The van der Waals surface area contributed by atoms with Crippen molar-refractivity contribution in [3.05, 3.63) is 28.2 Å². The Morgan fingerprint density at radius 3 is 2.50 bits per heavy atom. The summed E-state index contributed by atoms with van der Waals surface area (Å²) in [7, 11) is 0. The molecular formula is C15H20BrNO. The van der Waals surface area contributed by atoms with E-state index in [0.29, 0.717) is 6.10 Å². The van der Waals surface area contributed by atoms with Gasteiger partial charge < -0.3 is 10.5 Å². The molecule has 3 heteroatoms. The summed E-state index contributed by atoms with van der Waals surface area (Å²) in [5.41, 5.74) is 7.60. The second-order valence-electron chi connectivity index (χ2n) is 5.67. The van der Waals surface area contributed by atoms with E-state index in [-0.39, 0.29) is 5.54 Å². The summed E-state index contributed by atoms with van der Waals surface area (Å²) in [5, 5.41) is 0. The van der Waals surface area contributed by atoms with Crippen LogP contribution in [0.4, 0.5) is 0 Å². The van der Waals surface area contributed by atoms with Gasteiger partial charge in [0.2, 0.25) is 0 Å². The molecule has 0 bridgehead atoms. The molecule has 0 unspecified atom stereocenters. The van der Waals surface area contributed by atoms with Crippen LogP contribution in [0.5, 0.6) is 5.75 Å². The minimum absolute atomic E-state index is 0.178. The highest BCUT2D eigenvalue weighted by molar-refractivity contribution is 9.10. The Bertz CT molecular complexity index is 436. The predicted octanol–water partition coefficient (Wildman–Crippen LogP) is 4.11. The highest BCUT2D eigenvalue weighted by Gasteiger charge is 2.34. The van der Waals surface area contributed by atoms with Gasteiger partial charge >= 0.3 is 0 Å². The predicted molar refractivity (Wildman–Crippen MR) is 76.7 cm³/mol. The first kappa shape index (κ1) is 12.5. The van der Waals surface area contributed by atoms with Gasteiger partial charge in [-0.05, 0) is 50.3 Å². The molecule has 0 heterocycles. The summed E-state index contributed by atoms with van der Waals surface area (Å²) in [5.74, 6) is 1.01. The average Bonchev–Trinajstić information content (AvgIpc) is 2.73. The Balaban J connectivity index is 1.91. The number of benzene rings is 1. The second kappa shape index (κ2) is 4.86. The molecule has 1 aromatic rings. The summed E-state index contributed by atoms with van der Waals surface area (Å²) >= 11 is 3.55. The van der Waals surface area contributed by atoms with E-state index in [1.807, 2.05) is 0 Å². The van der Waals surface area contributed by atoms with Gasteiger partial charge in [-0.2, -0.15) is 0 Å². The third-order valence-corrected chi connectivity index (χ3v) is 4.81. The lowest BCUT2D eigenvalue weighted by molar-refractivity contribution is 0.117. The van der Waals surface area contributed by atoms with Gasteiger partial charge in [0, 0.05) is 15.6 Å². The molecule has 2 saturated carbocycles. The third-order valence-electron chi connectivity index (χ3n) is 4.32. The van der Waals surface area contributed by atoms with Gasteiger partial charge in [-0.15, -0.1) is 0 Å². The highest BCUT2D eigenvalue weighted by atomic mass is 79.9. The Kier molecular flexibility index (Phi) is 3.37. The van der Waals surface area contributed by atoms with Crippen LogP contribution in [0.15, 0.2) is 22.7 Å². The molecular weight excluding hydrogens is 290 g/mol. The molecule has 0 saturated heterocycles. The first-order valence-electron chi connectivity index (χ1n) is 6.93. The largest absolute Gasteiger partial charge is 0.490 e. The molecule has 2 nitrogen and oxygen atoms in total. The Morgan fingerprint density at radius 2 is 1.89 bits per heavy atom. The fourth-order valence-electron chi connectivity index (χ4n) is 2.94. The number of rotatable bonds is 3. The van der Waals surface area contributed by atoms with E-state index < -0.39 is 0 Å². The molecule has 18 heavy (non-hydrogen) atoms. The second-order valence-corrected chi connectivity index (χ2v) is 6.59. The zero-order valence-corrected chi connectivity index (χ0v) is 12.2. The number of hydrogen-bond donors (Lipinski definition) is 1. The summed E-state index contributed by atoms with van der Waals surface area (Å²) in [6.07, 6.45) is 8.69. The van der Waals surface area contributed by atoms with E-state index >= 15 is 0 Å². The maximum Gasteiger partial charge on any atom is 0.124 e. The van der Waals surface area contributed by atoms with Crippen molar-refractivity contribution in [2.24, 2.45) is 5.73 Å². The smallest absolute Gasteiger partial charge is 0.124 e. The molecule has 0 radical (unpaired) electrons. The monoisotopic (exact) mass is 309 g/mol. The van der Waals surface area contributed by atoms with Crippen molar-refractivity contribution in [3.63, 3.8) is 0 Å². The van der Waals surface area contributed by atoms with Crippen molar-refractivity contribution in [1.29, 1.82) is 0 Å². The van der Waals surface area contributed by atoms with Gasteiger partial charge in [0.25, 0.3) is 0 Å². The summed E-state index contributed by atoms with van der Waals surface area (Å²) < 4.78 is 7.21. The van der Waals surface area contributed by atoms with Crippen LogP contribution in [0.2, 0.25) is 0 Å². The molecule has 2 aliphatic carbocycles. The average molecular weight is 310 g/mol. The van der Waals surface area contributed by atoms with Gasteiger partial charge in [0.05, 0.1) is 6.10 Å². The van der Waals surface area contributed by atoms with Crippen LogP contribution in [-0.4, -0.2) is 6.10 Å². The van der Waals surface area contributed by atoms with Crippen molar-refractivity contribution in [2.75, 3.05) is 0 Å². The standard InChI is InChI=1S/C15H20BrNO/c16-11-6-7-14(18-12-4-3-5-12)13(10-11)15(17)8-1-2-9-15/h6-7,10,12H,1-5,8-9,17H2. The molecule has 98 valence electrons. The number of ether oxygens (including phenoxy) is 1. The molecule has 0 aliphatic heterocycles. The fraction of sp³-hybridized carbons (Fsp3) is 0.600.